The maximum absolute atomic E-state index is 11.5. The number of carboxylic acid groups (broad SMARTS) is 1. The molecule has 1 rings (SSSR count). The molecule has 0 aromatic heterocycles. The van der Waals surface area contributed by atoms with Gasteiger partial charge in [-0.05, 0) is 26.3 Å². The topological polar surface area (TPSA) is 69.6 Å². The highest BCUT2D eigenvalue weighted by atomic mass is 16.4. The lowest BCUT2D eigenvalue weighted by molar-refractivity contribution is -0.138. The van der Waals surface area contributed by atoms with E-state index in [1.807, 2.05) is 6.92 Å². The fraction of sp³-hybridized carbons (Fsp3) is 0.818. The van der Waals surface area contributed by atoms with E-state index in [4.69, 9.17) is 5.11 Å². The van der Waals surface area contributed by atoms with Crippen molar-refractivity contribution in [2.24, 2.45) is 5.92 Å². The minimum absolute atomic E-state index is 0.00459. The van der Waals surface area contributed by atoms with Crippen molar-refractivity contribution in [2.75, 3.05) is 20.1 Å². The molecule has 0 saturated carbocycles. The molecule has 0 aliphatic carbocycles. The first-order chi connectivity index (χ1) is 7.54. The highest BCUT2D eigenvalue weighted by molar-refractivity contribution is 5.78. The Bertz CT molecular complexity index is 268. The molecule has 1 saturated heterocycles. The normalized spacial score (nSPS) is 23.8. The second-order valence-electron chi connectivity index (χ2n) is 4.40. The lowest BCUT2D eigenvalue weighted by Crippen LogP contribution is -2.46. The van der Waals surface area contributed by atoms with Crippen molar-refractivity contribution in [3.05, 3.63) is 0 Å². The number of carboxylic acids is 1. The number of carbonyl (C=O) groups excluding carboxylic acids is 1. The van der Waals surface area contributed by atoms with E-state index in [1.54, 1.807) is 7.05 Å². The van der Waals surface area contributed by atoms with Crippen LogP contribution in [-0.2, 0) is 9.59 Å². The molecule has 16 heavy (non-hydrogen) atoms. The molecule has 1 fully saturated rings. The van der Waals surface area contributed by atoms with E-state index in [1.165, 1.54) is 0 Å². The number of carbonyl (C=O) groups is 2. The van der Waals surface area contributed by atoms with Gasteiger partial charge in [-0.25, -0.2) is 0 Å². The zero-order valence-corrected chi connectivity index (χ0v) is 9.90. The first-order valence-corrected chi connectivity index (χ1v) is 5.72. The molecule has 1 aliphatic heterocycles. The van der Waals surface area contributed by atoms with Gasteiger partial charge in [0.1, 0.15) is 0 Å². The van der Waals surface area contributed by atoms with Crippen LogP contribution in [0.15, 0.2) is 0 Å². The maximum Gasteiger partial charge on any atom is 0.304 e. The van der Waals surface area contributed by atoms with Crippen molar-refractivity contribution in [1.82, 2.24) is 10.2 Å². The predicted octanol–water partition coefficient (Wildman–Crippen LogP) is 0.308. The Kier molecular flexibility index (Phi) is 4.73. The molecule has 0 radical (unpaired) electrons. The zero-order valence-electron chi connectivity index (χ0n) is 9.90. The van der Waals surface area contributed by atoms with Crippen LogP contribution in [0.4, 0.5) is 0 Å². The van der Waals surface area contributed by atoms with Crippen molar-refractivity contribution < 1.29 is 14.7 Å². The van der Waals surface area contributed by atoms with Crippen molar-refractivity contribution >= 4 is 11.9 Å². The maximum atomic E-state index is 11.5. The molecule has 92 valence electrons. The Morgan fingerprint density at radius 2 is 2.25 bits per heavy atom. The molecular weight excluding hydrogens is 208 g/mol. The van der Waals surface area contributed by atoms with E-state index >= 15 is 0 Å². The monoisotopic (exact) mass is 228 g/mol. The Morgan fingerprint density at radius 3 is 2.81 bits per heavy atom. The van der Waals surface area contributed by atoms with Crippen LogP contribution in [0.2, 0.25) is 0 Å². The van der Waals surface area contributed by atoms with Gasteiger partial charge in [0.2, 0.25) is 5.91 Å². The number of rotatable bonds is 4. The highest BCUT2D eigenvalue weighted by Crippen LogP contribution is 2.19. The molecular formula is C11H20N2O3. The molecule has 0 aromatic rings. The fourth-order valence-electron chi connectivity index (χ4n) is 2.21. The van der Waals surface area contributed by atoms with E-state index in [9.17, 15) is 9.59 Å². The van der Waals surface area contributed by atoms with E-state index in [0.29, 0.717) is 6.54 Å². The fourth-order valence-corrected chi connectivity index (χ4v) is 2.21. The minimum Gasteiger partial charge on any atom is -0.481 e. The third-order valence-electron chi connectivity index (χ3n) is 3.16. The van der Waals surface area contributed by atoms with Gasteiger partial charge in [-0.3, -0.25) is 14.5 Å². The van der Waals surface area contributed by atoms with Crippen molar-refractivity contribution in [3.63, 3.8) is 0 Å². The Balaban J connectivity index is 2.49. The van der Waals surface area contributed by atoms with E-state index < -0.39 is 5.97 Å². The molecule has 0 aromatic carbocycles. The van der Waals surface area contributed by atoms with E-state index in [-0.39, 0.29) is 24.3 Å². The molecule has 0 spiro atoms. The van der Waals surface area contributed by atoms with Crippen LogP contribution in [0.25, 0.3) is 0 Å². The number of nitrogens with one attached hydrogen (secondary N) is 1. The van der Waals surface area contributed by atoms with Crippen LogP contribution >= 0.6 is 0 Å². The summed E-state index contributed by atoms with van der Waals surface area (Å²) < 4.78 is 0. The van der Waals surface area contributed by atoms with Crippen LogP contribution < -0.4 is 5.32 Å². The summed E-state index contributed by atoms with van der Waals surface area (Å²) >= 11 is 0. The summed E-state index contributed by atoms with van der Waals surface area (Å²) in [5, 5.41) is 11.4. The van der Waals surface area contributed by atoms with Crippen LogP contribution in [0.3, 0.4) is 0 Å². The lowest BCUT2D eigenvalue weighted by Gasteiger charge is -2.35. The second-order valence-corrected chi connectivity index (χ2v) is 4.40. The smallest absolute Gasteiger partial charge is 0.304 e. The van der Waals surface area contributed by atoms with E-state index in [2.05, 4.69) is 10.2 Å². The molecule has 2 unspecified atom stereocenters. The minimum atomic E-state index is -0.783. The van der Waals surface area contributed by atoms with E-state index in [0.717, 1.165) is 19.4 Å². The zero-order chi connectivity index (χ0) is 12.1. The lowest BCUT2D eigenvalue weighted by atomic mass is 9.95. The number of hydrogen-bond donors (Lipinski definition) is 2. The van der Waals surface area contributed by atoms with Crippen LogP contribution in [0.1, 0.15) is 26.2 Å². The van der Waals surface area contributed by atoms with Crippen molar-refractivity contribution in [2.45, 2.75) is 32.2 Å². The standard InChI is InChI=1S/C11H20N2O3/c1-8(6-10(14)15)13-5-3-4-9(7-13)11(16)12-2/h8-9H,3-7H2,1-2H3,(H,12,16)(H,14,15). The second kappa shape index (κ2) is 5.84. The van der Waals surface area contributed by atoms with Gasteiger partial charge >= 0.3 is 5.97 Å². The van der Waals surface area contributed by atoms with Gasteiger partial charge in [0.25, 0.3) is 0 Å². The molecule has 5 nitrogen and oxygen atoms in total. The Labute approximate surface area is 95.8 Å². The molecule has 0 bridgehead atoms. The summed E-state index contributed by atoms with van der Waals surface area (Å²) in [6.07, 6.45) is 2.00. The first-order valence-electron chi connectivity index (χ1n) is 5.72. The van der Waals surface area contributed by atoms with Gasteiger partial charge in [-0.2, -0.15) is 0 Å². The van der Waals surface area contributed by atoms with Gasteiger partial charge < -0.3 is 10.4 Å². The van der Waals surface area contributed by atoms with Crippen LogP contribution in [0.5, 0.6) is 0 Å². The molecule has 5 heteroatoms. The largest absolute Gasteiger partial charge is 0.481 e. The molecule has 1 amide bonds. The average molecular weight is 228 g/mol. The predicted molar refractivity (Wildman–Crippen MR) is 60.1 cm³/mol. The number of nitrogens with zero attached hydrogens (tertiary/aromatic N) is 1. The third kappa shape index (κ3) is 3.48. The number of amides is 1. The first kappa shape index (κ1) is 13.0. The number of hydrogen-bond acceptors (Lipinski definition) is 3. The quantitative estimate of drug-likeness (QED) is 0.726. The summed E-state index contributed by atoms with van der Waals surface area (Å²) in [6, 6.07) is 0.00459. The third-order valence-corrected chi connectivity index (χ3v) is 3.16. The molecule has 1 heterocycles. The van der Waals surface area contributed by atoms with Gasteiger partial charge in [-0.1, -0.05) is 0 Å². The molecule has 2 atom stereocenters. The average Bonchev–Trinajstić information content (AvgIpc) is 2.27. The Morgan fingerprint density at radius 1 is 1.56 bits per heavy atom. The van der Waals surface area contributed by atoms with Gasteiger partial charge in [0.15, 0.2) is 0 Å². The van der Waals surface area contributed by atoms with Crippen LogP contribution in [-0.4, -0.2) is 48.1 Å². The summed E-state index contributed by atoms with van der Waals surface area (Å²) in [4.78, 5) is 24.2. The number of piperidine rings is 1. The van der Waals surface area contributed by atoms with Gasteiger partial charge in [0, 0.05) is 19.6 Å². The summed E-state index contributed by atoms with van der Waals surface area (Å²) in [6.45, 7) is 3.47. The summed E-state index contributed by atoms with van der Waals surface area (Å²) in [5.41, 5.74) is 0. The van der Waals surface area contributed by atoms with Crippen LogP contribution in [0, 0.1) is 5.92 Å². The summed E-state index contributed by atoms with van der Waals surface area (Å²) in [7, 11) is 1.64. The highest BCUT2D eigenvalue weighted by Gasteiger charge is 2.28. The van der Waals surface area contributed by atoms with Crippen molar-refractivity contribution in [3.8, 4) is 0 Å². The van der Waals surface area contributed by atoms with Gasteiger partial charge in [-0.15, -0.1) is 0 Å². The molecule has 1 aliphatic rings. The molecule has 2 N–H and O–H groups in total. The number of aliphatic carboxylic acids is 1. The van der Waals surface area contributed by atoms with Crippen molar-refractivity contribution in [1.29, 1.82) is 0 Å². The Hall–Kier alpha value is -1.10. The van der Waals surface area contributed by atoms with Gasteiger partial charge in [0.05, 0.1) is 12.3 Å². The SMILES string of the molecule is CNC(=O)C1CCCN(C(C)CC(=O)O)C1. The summed E-state index contributed by atoms with van der Waals surface area (Å²) in [5.74, 6) is -0.711. The number of likely N-dealkylation sites (tertiary alicyclic amines) is 1.